The Morgan fingerprint density at radius 3 is 2.22 bits per heavy atom. The normalized spacial score (nSPS) is 11.3. The molecule has 0 heterocycles. The van der Waals surface area contributed by atoms with Crippen LogP contribution in [0.1, 0.15) is 36.5 Å². The van der Waals surface area contributed by atoms with Gasteiger partial charge in [-0.15, -0.1) is 0 Å². The fourth-order valence-electron chi connectivity index (χ4n) is 4.00. The van der Waals surface area contributed by atoms with Gasteiger partial charge in [-0.2, -0.15) is 0 Å². The third kappa shape index (κ3) is 4.83. The van der Waals surface area contributed by atoms with E-state index in [2.05, 4.69) is 6.92 Å². The molecular weight excluding hydrogens is 429 g/mol. The van der Waals surface area contributed by atoms with Crippen LogP contribution in [-0.4, -0.2) is 0 Å². The van der Waals surface area contributed by atoms with E-state index in [1.807, 2.05) is 18.2 Å². The molecule has 0 aliphatic rings. The Morgan fingerprint density at radius 2 is 1.47 bits per heavy atom. The Labute approximate surface area is 191 Å². The van der Waals surface area contributed by atoms with Crippen LogP contribution in [0.25, 0.3) is 21.9 Å². The summed E-state index contributed by atoms with van der Waals surface area (Å²) in [6, 6.07) is 18.9. The summed E-state index contributed by atoms with van der Waals surface area (Å²) in [4.78, 5) is 0. The van der Waals surface area contributed by atoms with Gasteiger partial charge in [0.05, 0.1) is 5.02 Å². The number of rotatable bonds is 7. The summed E-state index contributed by atoms with van der Waals surface area (Å²) >= 11 is 5.72. The molecule has 0 bridgehead atoms. The predicted molar refractivity (Wildman–Crippen MR) is 127 cm³/mol. The van der Waals surface area contributed by atoms with Crippen LogP contribution in [0.4, 0.5) is 13.2 Å². The zero-order chi connectivity index (χ0) is 22.7. The molecule has 0 aliphatic heterocycles. The quantitative estimate of drug-likeness (QED) is 0.263. The lowest BCUT2D eigenvalue weighted by atomic mass is 9.96. The second kappa shape index (κ2) is 9.79. The minimum absolute atomic E-state index is 0.0773. The molecule has 4 aromatic carbocycles. The molecule has 0 amide bonds. The van der Waals surface area contributed by atoms with Gasteiger partial charge in [0.15, 0.2) is 0 Å². The van der Waals surface area contributed by atoms with Gasteiger partial charge < -0.3 is 0 Å². The molecule has 0 saturated carbocycles. The van der Waals surface area contributed by atoms with E-state index < -0.39 is 5.82 Å². The maximum absolute atomic E-state index is 15.1. The second-order valence-electron chi connectivity index (χ2n) is 8.14. The summed E-state index contributed by atoms with van der Waals surface area (Å²) < 4.78 is 43.5. The Kier molecular flexibility index (Phi) is 6.86. The maximum atomic E-state index is 15.1. The SMILES string of the molecule is CCCCc1ccc(-c2ccc3c(F)c(CCc4ccc(Cl)c(F)c4)ccc3c2)c(F)c1. The lowest BCUT2D eigenvalue weighted by Gasteiger charge is -2.10. The van der Waals surface area contributed by atoms with E-state index in [1.165, 1.54) is 12.1 Å². The fraction of sp³-hybridized carbons (Fsp3) is 0.214. The number of fused-ring (bicyclic) bond motifs is 1. The number of hydrogen-bond donors (Lipinski definition) is 0. The van der Waals surface area contributed by atoms with Crippen LogP contribution in [0.5, 0.6) is 0 Å². The zero-order valence-electron chi connectivity index (χ0n) is 17.9. The molecule has 32 heavy (non-hydrogen) atoms. The lowest BCUT2D eigenvalue weighted by molar-refractivity contribution is 0.617. The van der Waals surface area contributed by atoms with E-state index in [0.29, 0.717) is 29.4 Å². The predicted octanol–water partition coefficient (Wildman–Crippen LogP) is 8.71. The molecule has 0 aromatic heterocycles. The molecule has 0 unspecified atom stereocenters. The summed E-state index contributed by atoms with van der Waals surface area (Å²) in [5.74, 6) is -1.02. The molecule has 0 spiro atoms. The van der Waals surface area contributed by atoms with Gasteiger partial charge in [0.1, 0.15) is 17.5 Å². The van der Waals surface area contributed by atoms with Crippen molar-refractivity contribution in [3.63, 3.8) is 0 Å². The number of benzene rings is 4. The van der Waals surface area contributed by atoms with Crippen LogP contribution >= 0.6 is 11.6 Å². The highest BCUT2D eigenvalue weighted by molar-refractivity contribution is 6.30. The highest BCUT2D eigenvalue weighted by atomic mass is 35.5. The number of halogens is 4. The first kappa shape index (κ1) is 22.4. The van der Waals surface area contributed by atoms with E-state index in [0.717, 1.165) is 41.3 Å². The van der Waals surface area contributed by atoms with Crippen molar-refractivity contribution >= 4 is 22.4 Å². The summed E-state index contributed by atoms with van der Waals surface area (Å²) in [5.41, 5.74) is 3.55. The minimum atomic E-state index is -0.471. The number of hydrogen-bond acceptors (Lipinski definition) is 0. The molecular formula is C28H24ClF3. The summed E-state index contributed by atoms with van der Waals surface area (Å²) in [6.07, 6.45) is 3.91. The van der Waals surface area contributed by atoms with Crippen molar-refractivity contribution in [2.45, 2.75) is 39.0 Å². The van der Waals surface area contributed by atoms with Gasteiger partial charge in [0, 0.05) is 10.9 Å². The Bertz CT molecular complexity index is 1260. The van der Waals surface area contributed by atoms with Gasteiger partial charge in [-0.05, 0) is 77.6 Å². The van der Waals surface area contributed by atoms with Crippen molar-refractivity contribution in [1.82, 2.24) is 0 Å². The molecule has 4 heteroatoms. The molecule has 0 atom stereocenters. The first-order valence-corrected chi connectivity index (χ1v) is 11.3. The average Bonchev–Trinajstić information content (AvgIpc) is 2.79. The summed E-state index contributed by atoms with van der Waals surface area (Å²) in [7, 11) is 0. The van der Waals surface area contributed by atoms with Crippen LogP contribution in [0.3, 0.4) is 0 Å². The van der Waals surface area contributed by atoms with Crippen molar-refractivity contribution in [1.29, 1.82) is 0 Å². The van der Waals surface area contributed by atoms with Gasteiger partial charge in [-0.3, -0.25) is 0 Å². The molecule has 164 valence electrons. The van der Waals surface area contributed by atoms with Crippen molar-refractivity contribution < 1.29 is 13.2 Å². The fourth-order valence-corrected chi connectivity index (χ4v) is 4.12. The molecule has 4 aromatic rings. The van der Waals surface area contributed by atoms with Gasteiger partial charge in [-0.1, -0.05) is 67.4 Å². The smallest absolute Gasteiger partial charge is 0.142 e. The highest BCUT2D eigenvalue weighted by Gasteiger charge is 2.12. The van der Waals surface area contributed by atoms with E-state index in [-0.39, 0.29) is 16.7 Å². The van der Waals surface area contributed by atoms with Crippen LogP contribution < -0.4 is 0 Å². The molecule has 0 radical (unpaired) electrons. The third-order valence-corrected chi connectivity index (χ3v) is 6.17. The van der Waals surface area contributed by atoms with Crippen LogP contribution in [-0.2, 0) is 19.3 Å². The van der Waals surface area contributed by atoms with E-state index in [4.69, 9.17) is 11.6 Å². The molecule has 0 aliphatic carbocycles. The summed E-state index contributed by atoms with van der Waals surface area (Å²) in [6.45, 7) is 2.11. The molecule has 0 N–H and O–H groups in total. The number of unbranched alkanes of at least 4 members (excludes halogenated alkanes) is 1. The maximum Gasteiger partial charge on any atom is 0.142 e. The minimum Gasteiger partial charge on any atom is -0.206 e. The van der Waals surface area contributed by atoms with Crippen LogP contribution in [0.2, 0.25) is 5.02 Å². The monoisotopic (exact) mass is 452 g/mol. The van der Waals surface area contributed by atoms with Crippen LogP contribution in [0, 0.1) is 17.5 Å². The standard InChI is InChI=1S/C28H24ClF3/c1-2-3-4-18-6-12-23(26(30)15-18)21-11-13-24-22(17-21)10-9-20(28(24)32)8-5-19-7-14-25(29)27(31)16-19/h6-7,9-17H,2-5,8H2,1H3. The van der Waals surface area contributed by atoms with Gasteiger partial charge in [0.2, 0.25) is 0 Å². The Hall–Kier alpha value is -2.78. The van der Waals surface area contributed by atoms with E-state index in [1.54, 1.807) is 36.4 Å². The lowest BCUT2D eigenvalue weighted by Crippen LogP contribution is -1.97. The third-order valence-electron chi connectivity index (χ3n) is 5.86. The van der Waals surface area contributed by atoms with Crippen molar-refractivity contribution in [2.75, 3.05) is 0 Å². The first-order valence-electron chi connectivity index (χ1n) is 10.9. The molecule has 4 rings (SSSR count). The Balaban J connectivity index is 1.57. The van der Waals surface area contributed by atoms with Gasteiger partial charge in [-0.25, -0.2) is 13.2 Å². The summed E-state index contributed by atoms with van der Waals surface area (Å²) in [5, 5.41) is 1.29. The van der Waals surface area contributed by atoms with Gasteiger partial charge in [0.25, 0.3) is 0 Å². The van der Waals surface area contributed by atoms with Crippen molar-refractivity contribution in [3.8, 4) is 11.1 Å². The van der Waals surface area contributed by atoms with Gasteiger partial charge >= 0.3 is 0 Å². The first-order chi connectivity index (χ1) is 15.5. The highest BCUT2D eigenvalue weighted by Crippen LogP contribution is 2.30. The van der Waals surface area contributed by atoms with E-state index in [9.17, 15) is 8.78 Å². The van der Waals surface area contributed by atoms with Crippen LogP contribution in [0.15, 0.2) is 66.7 Å². The number of aryl methyl sites for hydroxylation is 3. The topological polar surface area (TPSA) is 0 Å². The zero-order valence-corrected chi connectivity index (χ0v) is 18.7. The van der Waals surface area contributed by atoms with E-state index >= 15 is 4.39 Å². The Morgan fingerprint density at radius 1 is 0.719 bits per heavy atom. The largest absolute Gasteiger partial charge is 0.206 e. The molecule has 0 saturated heterocycles. The van der Waals surface area contributed by atoms with Crippen molar-refractivity contribution in [2.24, 2.45) is 0 Å². The average molecular weight is 453 g/mol. The van der Waals surface area contributed by atoms with Crippen molar-refractivity contribution in [3.05, 3.63) is 106 Å². The second-order valence-corrected chi connectivity index (χ2v) is 8.55. The molecule has 0 nitrogen and oxygen atoms in total. The molecule has 0 fully saturated rings.